The molecule has 8 heteroatoms. The monoisotopic (exact) mass is 419 g/mol. The Balaban J connectivity index is 1.89. The second-order valence-electron chi connectivity index (χ2n) is 6.61. The van der Waals surface area contributed by atoms with Gasteiger partial charge in [-0.15, -0.1) is 0 Å². The van der Waals surface area contributed by atoms with Crippen molar-refractivity contribution < 1.29 is 18.7 Å². The van der Waals surface area contributed by atoms with Crippen LogP contribution in [0.2, 0.25) is 0 Å². The van der Waals surface area contributed by atoms with E-state index in [9.17, 15) is 14.0 Å². The summed E-state index contributed by atoms with van der Waals surface area (Å²) in [5.41, 5.74) is 3.32. The van der Waals surface area contributed by atoms with Crippen LogP contribution < -0.4 is 20.5 Å². The van der Waals surface area contributed by atoms with Crippen LogP contribution in [-0.2, 0) is 0 Å². The second-order valence-corrected chi connectivity index (χ2v) is 6.61. The lowest BCUT2D eigenvalue weighted by Crippen LogP contribution is -2.35. The lowest BCUT2D eigenvalue weighted by molar-refractivity contribution is 0.101. The number of nitrogens with one attached hydrogen (secondary N) is 1. The number of halogens is 1. The molecule has 0 saturated carbocycles. The Labute approximate surface area is 176 Å². The summed E-state index contributed by atoms with van der Waals surface area (Å²) in [6.45, 7) is 0. The van der Waals surface area contributed by atoms with Gasteiger partial charge in [0, 0.05) is 11.1 Å². The van der Waals surface area contributed by atoms with Gasteiger partial charge in [0.05, 0.1) is 25.1 Å². The van der Waals surface area contributed by atoms with Crippen LogP contribution in [0.25, 0.3) is 22.3 Å². The fourth-order valence-corrected chi connectivity index (χ4v) is 3.17. The van der Waals surface area contributed by atoms with Gasteiger partial charge >= 0.3 is 0 Å². The molecule has 3 aromatic carbocycles. The van der Waals surface area contributed by atoms with Crippen molar-refractivity contribution in [2.24, 2.45) is 0 Å². The number of ether oxygens (including phenoxy) is 2. The number of para-hydroxylation sites is 1. The van der Waals surface area contributed by atoms with Gasteiger partial charge in [-0.1, -0.05) is 12.1 Å². The smallest absolute Gasteiger partial charge is 0.280 e. The molecule has 0 aliphatic heterocycles. The Kier molecular flexibility index (Phi) is 5.36. The minimum Gasteiger partial charge on any atom is -0.493 e. The van der Waals surface area contributed by atoms with Crippen molar-refractivity contribution in [2.75, 3.05) is 19.6 Å². The summed E-state index contributed by atoms with van der Waals surface area (Å²) >= 11 is 0. The van der Waals surface area contributed by atoms with Crippen molar-refractivity contribution in [3.05, 3.63) is 88.5 Å². The third-order valence-electron chi connectivity index (χ3n) is 4.74. The molecule has 0 bridgehead atoms. The number of carbonyl (C=O) groups excluding carboxylic acids is 1. The summed E-state index contributed by atoms with van der Waals surface area (Å²) in [6, 6.07) is 16.9. The summed E-state index contributed by atoms with van der Waals surface area (Å²) in [5, 5.41) is 0.339. The maximum absolute atomic E-state index is 13.2. The van der Waals surface area contributed by atoms with E-state index < -0.39 is 17.3 Å². The molecule has 31 heavy (non-hydrogen) atoms. The molecule has 0 fully saturated rings. The van der Waals surface area contributed by atoms with E-state index in [0.29, 0.717) is 28.0 Å². The summed E-state index contributed by atoms with van der Waals surface area (Å²) < 4.78 is 24.9. The number of aromatic nitrogens is 2. The third-order valence-corrected chi connectivity index (χ3v) is 4.74. The average Bonchev–Trinajstić information content (AvgIpc) is 2.80. The number of carbonyl (C=O) groups is 1. The van der Waals surface area contributed by atoms with E-state index in [0.717, 1.165) is 4.68 Å². The zero-order chi connectivity index (χ0) is 22.0. The lowest BCUT2D eigenvalue weighted by atomic mass is 10.1. The van der Waals surface area contributed by atoms with Crippen LogP contribution in [0.4, 0.5) is 4.39 Å². The quantitative estimate of drug-likeness (QED) is 0.535. The molecule has 0 atom stereocenters. The van der Waals surface area contributed by atoms with E-state index in [2.05, 4.69) is 10.4 Å². The highest BCUT2D eigenvalue weighted by Crippen LogP contribution is 2.31. The van der Waals surface area contributed by atoms with E-state index in [1.54, 1.807) is 42.5 Å². The van der Waals surface area contributed by atoms with Gasteiger partial charge in [0.25, 0.3) is 11.5 Å². The maximum atomic E-state index is 13.2. The van der Waals surface area contributed by atoms with Gasteiger partial charge in [0.1, 0.15) is 5.82 Å². The molecular formula is C23H18FN3O4. The SMILES string of the molecule is COc1ccc(-c2nc3ccccc3c(=O)n2NC(=O)c2ccc(F)cc2)cc1OC. The first kappa shape index (κ1) is 20.1. The van der Waals surface area contributed by atoms with E-state index in [-0.39, 0.29) is 11.4 Å². The van der Waals surface area contributed by atoms with E-state index >= 15 is 0 Å². The third kappa shape index (κ3) is 3.83. The van der Waals surface area contributed by atoms with E-state index in [1.165, 1.54) is 38.5 Å². The molecular weight excluding hydrogens is 401 g/mol. The molecule has 0 aliphatic rings. The number of benzene rings is 3. The van der Waals surface area contributed by atoms with E-state index in [1.807, 2.05) is 0 Å². The van der Waals surface area contributed by atoms with Crippen LogP contribution in [-0.4, -0.2) is 29.8 Å². The number of methoxy groups -OCH3 is 2. The Morgan fingerprint density at radius 1 is 0.968 bits per heavy atom. The molecule has 0 unspecified atom stereocenters. The van der Waals surface area contributed by atoms with E-state index in [4.69, 9.17) is 9.47 Å². The minimum absolute atomic E-state index is 0.194. The zero-order valence-electron chi connectivity index (χ0n) is 16.8. The summed E-state index contributed by atoms with van der Waals surface area (Å²) in [6.07, 6.45) is 0. The molecule has 1 amide bonds. The Morgan fingerprint density at radius 2 is 1.68 bits per heavy atom. The van der Waals surface area contributed by atoms with Crippen molar-refractivity contribution in [3.8, 4) is 22.9 Å². The standard InChI is InChI=1S/C23H18FN3O4/c1-30-19-12-9-15(13-20(19)31-2)21-25-18-6-4-3-5-17(18)23(29)27(21)26-22(28)14-7-10-16(24)11-8-14/h3-13H,1-2H3,(H,26,28). The topological polar surface area (TPSA) is 82.5 Å². The average molecular weight is 419 g/mol. The van der Waals surface area contributed by atoms with Gasteiger partial charge in [0.15, 0.2) is 17.3 Å². The number of fused-ring (bicyclic) bond motifs is 1. The Hall–Kier alpha value is -4.20. The van der Waals surface area contributed by atoms with Gasteiger partial charge in [0.2, 0.25) is 0 Å². The van der Waals surface area contributed by atoms with Gasteiger partial charge < -0.3 is 9.47 Å². The molecule has 4 rings (SSSR count). The number of amides is 1. The normalized spacial score (nSPS) is 10.7. The van der Waals surface area contributed by atoms with Crippen LogP contribution in [0, 0.1) is 5.82 Å². The van der Waals surface area contributed by atoms with Crippen molar-refractivity contribution in [1.82, 2.24) is 9.66 Å². The predicted molar refractivity (Wildman–Crippen MR) is 115 cm³/mol. The molecule has 1 N–H and O–H groups in total. The largest absolute Gasteiger partial charge is 0.493 e. The van der Waals surface area contributed by atoms with Crippen LogP contribution in [0.15, 0.2) is 71.5 Å². The van der Waals surface area contributed by atoms with Gasteiger partial charge in [-0.3, -0.25) is 15.0 Å². The van der Waals surface area contributed by atoms with Crippen LogP contribution in [0.5, 0.6) is 11.5 Å². The molecule has 1 aromatic heterocycles. The summed E-state index contributed by atoms with van der Waals surface area (Å²) in [4.78, 5) is 30.6. The second kappa shape index (κ2) is 8.27. The van der Waals surface area contributed by atoms with Crippen LogP contribution >= 0.6 is 0 Å². The number of hydrogen-bond donors (Lipinski definition) is 1. The van der Waals surface area contributed by atoms with Crippen molar-refractivity contribution in [3.63, 3.8) is 0 Å². The van der Waals surface area contributed by atoms with Gasteiger partial charge in [-0.25, -0.2) is 9.37 Å². The highest BCUT2D eigenvalue weighted by molar-refractivity contribution is 6.00. The predicted octanol–water partition coefficient (Wildman–Crippen LogP) is 3.60. The fourth-order valence-electron chi connectivity index (χ4n) is 3.17. The Bertz CT molecular complexity index is 1330. The molecule has 0 spiro atoms. The Morgan fingerprint density at radius 3 is 2.39 bits per heavy atom. The molecule has 0 radical (unpaired) electrons. The summed E-state index contributed by atoms with van der Waals surface area (Å²) in [7, 11) is 3.02. The molecule has 4 aromatic rings. The molecule has 1 heterocycles. The first-order valence-electron chi connectivity index (χ1n) is 9.33. The van der Waals surface area contributed by atoms with Crippen molar-refractivity contribution in [2.45, 2.75) is 0 Å². The van der Waals surface area contributed by atoms with Crippen molar-refractivity contribution >= 4 is 16.8 Å². The number of rotatable bonds is 5. The fraction of sp³-hybridized carbons (Fsp3) is 0.0870. The van der Waals surface area contributed by atoms with Crippen molar-refractivity contribution in [1.29, 1.82) is 0 Å². The van der Waals surface area contributed by atoms with Gasteiger partial charge in [-0.05, 0) is 54.6 Å². The number of nitrogens with zero attached hydrogens (tertiary/aromatic N) is 2. The van der Waals surface area contributed by atoms with Gasteiger partial charge in [-0.2, -0.15) is 4.68 Å². The maximum Gasteiger partial charge on any atom is 0.280 e. The highest BCUT2D eigenvalue weighted by atomic mass is 19.1. The molecule has 0 saturated heterocycles. The number of hydrogen-bond acceptors (Lipinski definition) is 5. The first-order chi connectivity index (χ1) is 15.0. The highest BCUT2D eigenvalue weighted by Gasteiger charge is 2.17. The minimum atomic E-state index is -0.582. The molecule has 7 nitrogen and oxygen atoms in total. The summed E-state index contributed by atoms with van der Waals surface area (Å²) in [5.74, 6) is 0.114. The lowest BCUT2D eigenvalue weighted by Gasteiger charge is -2.16. The zero-order valence-corrected chi connectivity index (χ0v) is 16.8. The molecule has 156 valence electrons. The molecule has 0 aliphatic carbocycles. The van der Waals surface area contributed by atoms with Crippen LogP contribution in [0.1, 0.15) is 10.4 Å². The van der Waals surface area contributed by atoms with Crippen LogP contribution in [0.3, 0.4) is 0 Å². The first-order valence-corrected chi connectivity index (χ1v) is 9.33.